The highest BCUT2D eigenvalue weighted by molar-refractivity contribution is 5.61. The van der Waals surface area contributed by atoms with Crippen molar-refractivity contribution in [2.24, 2.45) is 0 Å². The van der Waals surface area contributed by atoms with Gasteiger partial charge in [0.1, 0.15) is 5.82 Å². The van der Waals surface area contributed by atoms with Crippen LogP contribution in [-0.2, 0) is 6.42 Å². The van der Waals surface area contributed by atoms with Gasteiger partial charge >= 0.3 is 5.69 Å². The summed E-state index contributed by atoms with van der Waals surface area (Å²) in [7, 11) is 0. The van der Waals surface area contributed by atoms with Crippen LogP contribution in [0.4, 0.5) is 11.5 Å². The number of aromatic nitrogens is 2. The van der Waals surface area contributed by atoms with Crippen molar-refractivity contribution in [2.75, 3.05) is 18.5 Å². The van der Waals surface area contributed by atoms with Crippen LogP contribution in [0, 0.1) is 10.1 Å². The van der Waals surface area contributed by atoms with Gasteiger partial charge < -0.3 is 10.1 Å². The molecule has 21 heavy (non-hydrogen) atoms. The van der Waals surface area contributed by atoms with E-state index in [9.17, 15) is 10.1 Å². The number of aryl methyl sites for hydroxylation is 1. The molecule has 0 spiro atoms. The van der Waals surface area contributed by atoms with Crippen LogP contribution in [0.1, 0.15) is 52.3 Å². The highest BCUT2D eigenvalue weighted by Gasteiger charge is 2.26. The van der Waals surface area contributed by atoms with E-state index in [1.54, 1.807) is 0 Å². The first kappa shape index (κ1) is 17.1. The molecule has 0 bridgehead atoms. The molecule has 0 aliphatic rings. The van der Waals surface area contributed by atoms with E-state index in [1.165, 1.54) is 0 Å². The zero-order valence-corrected chi connectivity index (χ0v) is 13.0. The molecule has 7 heteroatoms. The molecule has 7 nitrogen and oxygen atoms in total. The van der Waals surface area contributed by atoms with Gasteiger partial charge in [0.25, 0.3) is 5.88 Å². The summed E-state index contributed by atoms with van der Waals surface area (Å²) in [6.07, 6.45) is 4.24. The molecule has 0 atom stereocenters. The third-order valence-corrected chi connectivity index (χ3v) is 2.82. The SMILES string of the molecule is CCCCNc1nc(CCC)nc(OCCC)c1[N+](=O)[O-]. The molecule has 0 unspecified atom stereocenters. The fourth-order valence-corrected chi connectivity index (χ4v) is 1.78. The van der Waals surface area contributed by atoms with Gasteiger partial charge in [0.2, 0.25) is 5.82 Å². The smallest absolute Gasteiger partial charge is 0.372 e. The molecule has 0 radical (unpaired) electrons. The number of nitrogens with one attached hydrogen (secondary N) is 1. The fraction of sp³-hybridized carbons (Fsp3) is 0.714. The summed E-state index contributed by atoms with van der Waals surface area (Å²) < 4.78 is 5.45. The van der Waals surface area contributed by atoms with Crippen molar-refractivity contribution in [3.63, 3.8) is 0 Å². The van der Waals surface area contributed by atoms with Crippen molar-refractivity contribution in [1.29, 1.82) is 0 Å². The van der Waals surface area contributed by atoms with Crippen molar-refractivity contribution in [3.05, 3.63) is 15.9 Å². The lowest BCUT2D eigenvalue weighted by Crippen LogP contribution is -2.12. The molecule has 1 N–H and O–H groups in total. The lowest BCUT2D eigenvalue weighted by molar-refractivity contribution is -0.385. The molecule has 1 heterocycles. The van der Waals surface area contributed by atoms with Crippen LogP contribution < -0.4 is 10.1 Å². The number of hydrogen-bond acceptors (Lipinski definition) is 6. The number of anilines is 1. The molecule has 1 rings (SSSR count). The van der Waals surface area contributed by atoms with Crippen LogP contribution in [0.25, 0.3) is 0 Å². The summed E-state index contributed by atoms with van der Waals surface area (Å²) >= 11 is 0. The van der Waals surface area contributed by atoms with E-state index in [2.05, 4.69) is 22.2 Å². The maximum absolute atomic E-state index is 11.3. The summed E-state index contributed by atoms with van der Waals surface area (Å²) in [6.45, 7) is 7.07. The summed E-state index contributed by atoms with van der Waals surface area (Å²) in [5.41, 5.74) is -0.167. The Hall–Kier alpha value is -1.92. The Morgan fingerprint density at radius 2 is 1.95 bits per heavy atom. The average molecular weight is 296 g/mol. The minimum Gasteiger partial charge on any atom is -0.473 e. The lowest BCUT2D eigenvalue weighted by atomic mass is 10.3. The van der Waals surface area contributed by atoms with Crippen LogP contribution in [0.3, 0.4) is 0 Å². The van der Waals surface area contributed by atoms with Crippen LogP contribution in [0.2, 0.25) is 0 Å². The molecule has 0 aliphatic carbocycles. The first-order valence-corrected chi connectivity index (χ1v) is 7.55. The Bertz CT molecular complexity index is 466. The number of nitro groups is 1. The second kappa shape index (κ2) is 9.10. The van der Waals surface area contributed by atoms with Gasteiger partial charge in [-0.2, -0.15) is 4.98 Å². The van der Waals surface area contributed by atoms with E-state index in [-0.39, 0.29) is 17.4 Å². The molecular weight excluding hydrogens is 272 g/mol. The summed E-state index contributed by atoms with van der Waals surface area (Å²) in [4.78, 5) is 19.3. The molecule has 1 aromatic rings. The minimum atomic E-state index is -0.477. The Kier molecular flexibility index (Phi) is 7.42. The predicted octanol–water partition coefficient (Wildman–Crippen LogP) is 3.34. The number of nitrogens with zero attached hydrogens (tertiary/aromatic N) is 3. The first-order valence-electron chi connectivity index (χ1n) is 7.55. The van der Waals surface area contributed by atoms with E-state index >= 15 is 0 Å². The summed E-state index contributed by atoms with van der Waals surface area (Å²) in [6, 6.07) is 0. The van der Waals surface area contributed by atoms with Gasteiger partial charge in [-0.05, 0) is 19.3 Å². The van der Waals surface area contributed by atoms with E-state index in [4.69, 9.17) is 4.74 Å². The third-order valence-electron chi connectivity index (χ3n) is 2.82. The molecule has 0 saturated heterocycles. The highest BCUT2D eigenvalue weighted by atomic mass is 16.6. The van der Waals surface area contributed by atoms with Gasteiger partial charge in [-0.3, -0.25) is 10.1 Å². The van der Waals surface area contributed by atoms with Crippen LogP contribution in [0.5, 0.6) is 5.88 Å². The number of unbranched alkanes of at least 4 members (excludes halogenated alkanes) is 1. The zero-order chi connectivity index (χ0) is 15.7. The zero-order valence-electron chi connectivity index (χ0n) is 13.0. The van der Waals surface area contributed by atoms with Crippen LogP contribution >= 0.6 is 0 Å². The third kappa shape index (κ3) is 5.17. The second-order valence-electron chi connectivity index (χ2n) is 4.78. The van der Waals surface area contributed by atoms with Crippen molar-refractivity contribution in [1.82, 2.24) is 9.97 Å². The Balaban J connectivity index is 3.14. The lowest BCUT2D eigenvalue weighted by Gasteiger charge is -2.11. The molecule has 0 amide bonds. The van der Waals surface area contributed by atoms with E-state index in [0.717, 1.165) is 25.7 Å². The molecule has 0 saturated carbocycles. The first-order chi connectivity index (χ1) is 10.1. The molecule has 0 fully saturated rings. The molecule has 118 valence electrons. The summed E-state index contributed by atoms with van der Waals surface area (Å²) in [5, 5.41) is 14.4. The molecular formula is C14H24N4O3. The number of ether oxygens (including phenoxy) is 1. The quantitative estimate of drug-likeness (QED) is 0.404. The fourth-order valence-electron chi connectivity index (χ4n) is 1.78. The maximum Gasteiger partial charge on any atom is 0.372 e. The predicted molar refractivity (Wildman–Crippen MR) is 81.9 cm³/mol. The van der Waals surface area contributed by atoms with Crippen LogP contribution in [-0.4, -0.2) is 28.0 Å². The minimum absolute atomic E-state index is 0.0688. The topological polar surface area (TPSA) is 90.2 Å². The van der Waals surface area contributed by atoms with Gasteiger partial charge in [-0.25, -0.2) is 4.98 Å². The Morgan fingerprint density at radius 1 is 1.19 bits per heavy atom. The van der Waals surface area contributed by atoms with E-state index < -0.39 is 4.92 Å². The normalized spacial score (nSPS) is 10.4. The van der Waals surface area contributed by atoms with Gasteiger partial charge in [0.05, 0.1) is 11.5 Å². The maximum atomic E-state index is 11.3. The number of hydrogen-bond donors (Lipinski definition) is 1. The summed E-state index contributed by atoms with van der Waals surface area (Å²) in [5.74, 6) is 0.908. The second-order valence-corrected chi connectivity index (χ2v) is 4.78. The Labute approximate surface area is 125 Å². The van der Waals surface area contributed by atoms with Crippen molar-refractivity contribution < 1.29 is 9.66 Å². The van der Waals surface area contributed by atoms with Crippen molar-refractivity contribution >= 4 is 11.5 Å². The Morgan fingerprint density at radius 3 is 2.52 bits per heavy atom. The largest absolute Gasteiger partial charge is 0.473 e. The average Bonchev–Trinajstić information content (AvgIpc) is 2.45. The molecule has 0 aliphatic heterocycles. The van der Waals surface area contributed by atoms with Crippen molar-refractivity contribution in [2.45, 2.75) is 52.9 Å². The van der Waals surface area contributed by atoms with Gasteiger partial charge in [0, 0.05) is 13.0 Å². The van der Waals surface area contributed by atoms with Crippen LogP contribution in [0.15, 0.2) is 0 Å². The van der Waals surface area contributed by atoms with E-state index in [0.29, 0.717) is 25.4 Å². The number of rotatable bonds is 10. The molecule has 0 aromatic carbocycles. The van der Waals surface area contributed by atoms with Gasteiger partial charge in [-0.1, -0.05) is 27.2 Å². The van der Waals surface area contributed by atoms with E-state index in [1.807, 2.05) is 13.8 Å². The van der Waals surface area contributed by atoms with Gasteiger partial charge in [-0.15, -0.1) is 0 Å². The molecule has 1 aromatic heterocycles. The van der Waals surface area contributed by atoms with Gasteiger partial charge in [0.15, 0.2) is 0 Å². The monoisotopic (exact) mass is 296 g/mol. The highest BCUT2D eigenvalue weighted by Crippen LogP contribution is 2.32. The van der Waals surface area contributed by atoms with Crippen molar-refractivity contribution in [3.8, 4) is 5.88 Å². The standard InChI is InChI=1S/C14H24N4O3/c1-4-7-9-15-13-12(18(19)20)14(21-10-6-3)17-11(16-13)8-5-2/h4-10H2,1-3H3,(H,15,16,17).